The fraction of sp³-hybridized carbons (Fsp3) is 0.576. The summed E-state index contributed by atoms with van der Waals surface area (Å²) in [5, 5.41) is 12.4. The van der Waals surface area contributed by atoms with E-state index in [9.17, 15) is 13.6 Å². The molecule has 0 bridgehead atoms. The summed E-state index contributed by atoms with van der Waals surface area (Å²) >= 11 is 0. The van der Waals surface area contributed by atoms with Crippen molar-refractivity contribution in [1.29, 1.82) is 5.41 Å². The van der Waals surface area contributed by atoms with E-state index in [4.69, 9.17) is 10.1 Å². The van der Waals surface area contributed by atoms with Crippen molar-refractivity contribution < 1.29 is 18.3 Å². The summed E-state index contributed by atoms with van der Waals surface area (Å²) in [7, 11) is 2.01. The molecule has 0 aliphatic heterocycles. The van der Waals surface area contributed by atoms with Gasteiger partial charge in [-0.25, -0.2) is 0 Å². The number of benzene rings is 2. The summed E-state index contributed by atoms with van der Waals surface area (Å²) in [5.74, 6) is 0.545. The Morgan fingerprint density at radius 3 is 2.50 bits per heavy atom. The van der Waals surface area contributed by atoms with Crippen LogP contribution in [-0.4, -0.2) is 37.8 Å². The molecule has 7 heteroatoms. The molecule has 0 atom stereocenters. The van der Waals surface area contributed by atoms with Crippen molar-refractivity contribution in [3.05, 3.63) is 64.2 Å². The molecule has 5 nitrogen and oxygen atoms in total. The molecule has 0 unspecified atom stereocenters. The Kier molecular flexibility index (Phi) is 10.6. The number of carbonyl (C=O) groups excluding carboxylic acids is 1. The molecule has 220 valence electrons. The molecule has 1 aliphatic rings. The number of rotatable bonds is 15. The lowest BCUT2D eigenvalue weighted by Crippen LogP contribution is -2.54. The van der Waals surface area contributed by atoms with Crippen LogP contribution in [0.4, 0.5) is 14.5 Å². The third-order valence-electron chi connectivity index (χ3n) is 7.82. The molecule has 0 spiro atoms. The largest absolute Gasteiger partial charge is 0.370 e. The van der Waals surface area contributed by atoms with E-state index in [1.807, 2.05) is 45.2 Å². The highest BCUT2D eigenvalue weighted by Gasteiger charge is 2.52. The fourth-order valence-corrected chi connectivity index (χ4v) is 5.85. The Hall–Kier alpha value is -2.64. The van der Waals surface area contributed by atoms with Gasteiger partial charge in [0.05, 0.1) is 6.10 Å². The van der Waals surface area contributed by atoms with Gasteiger partial charge in [-0.2, -0.15) is 8.78 Å². The zero-order valence-electron chi connectivity index (χ0n) is 25.2. The predicted octanol–water partition coefficient (Wildman–Crippen LogP) is 7.54. The van der Waals surface area contributed by atoms with E-state index in [0.717, 1.165) is 61.5 Å². The van der Waals surface area contributed by atoms with E-state index in [2.05, 4.69) is 43.1 Å². The van der Waals surface area contributed by atoms with Crippen LogP contribution in [0.15, 0.2) is 36.4 Å². The number of anilines is 1. The standard InChI is InChI=1S/C33H47F2N3O2/c1-8-10-25-13-24(19-37-18-22(2)3)14-26(21-39)30(25)20-38(7)28-12-9-11-27(15-28)33(31(36)23(4)5)16-29(17-33)40-32(6,34)35/h9,11-15,21-23,29,36-37H,8,10,16-20H2,1-7H3. The molecule has 0 radical (unpaired) electrons. The Morgan fingerprint density at radius 2 is 1.93 bits per heavy atom. The number of alkyl halides is 2. The maximum absolute atomic E-state index is 13.5. The van der Waals surface area contributed by atoms with Gasteiger partial charge in [-0.15, -0.1) is 0 Å². The lowest BCUT2D eigenvalue weighted by molar-refractivity contribution is -0.267. The second-order valence-electron chi connectivity index (χ2n) is 12.2. The molecule has 0 amide bonds. The molecule has 3 rings (SSSR count). The first kappa shape index (κ1) is 31.9. The SMILES string of the molecule is CCCc1cc(CNCC(C)C)cc(C=O)c1CN(C)c1cccc(C2(C(=N)C(C)C)CC(OC(C)(F)F)C2)c1. The van der Waals surface area contributed by atoms with Gasteiger partial charge < -0.3 is 20.4 Å². The van der Waals surface area contributed by atoms with Crippen molar-refractivity contribution in [1.82, 2.24) is 5.32 Å². The third kappa shape index (κ3) is 7.76. The van der Waals surface area contributed by atoms with Crippen molar-refractivity contribution >= 4 is 17.7 Å². The van der Waals surface area contributed by atoms with Crippen molar-refractivity contribution in [2.75, 3.05) is 18.5 Å². The summed E-state index contributed by atoms with van der Waals surface area (Å²) < 4.78 is 32.0. The minimum atomic E-state index is -3.19. The van der Waals surface area contributed by atoms with Gasteiger partial charge in [0, 0.05) is 49.4 Å². The van der Waals surface area contributed by atoms with Gasteiger partial charge in [0.25, 0.3) is 0 Å². The molecule has 2 aromatic carbocycles. The normalized spacial score (nSPS) is 19.1. The number of ether oxygens (including phenoxy) is 1. The molecule has 0 aromatic heterocycles. The minimum Gasteiger partial charge on any atom is -0.370 e. The average Bonchev–Trinajstić information content (AvgIpc) is 2.86. The van der Waals surface area contributed by atoms with Gasteiger partial charge in [-0.3, -0.25) is 4.79 Å². The highest BCUT2D eigenvalue weighted by atomic mass is 19.3. The number of hydrogen-bond donors (Lipinski definition) is 2. The monoisotopic (exact) mass is 555 g/mol. The lowest BCUT2D eigenvalue weighted by Gasteiger charge is -2.50. The highest BCUT2D eigenvalue weighted by molar-refractivity contribution is 5.95. The van der Waals surface area contributed by atoms with Crippen LogP contribution in [-0.2, 0) is 29.7 Å². The van der Waals surface area contributed by atoms with Crippen LogP contribution in [0.25, 0.3) is 0 Å². The molecule has 0 saturated heterocycles. The van der Waals surface area contributed by atoms with Crippen LogP contribution >= 0.6 is 0 Å². The molecular weight excluding hydrogens is 508 g/mol. The Labute approximate surface area is 239 Å². The van der Waals surface area contributed by atoms with E-state index in [0.29, 0.717) is 36.6 Å². The van der Waals surface area contributed by atoms with E-state index in [-0.39, 0.29) is 5.92 Å². The molecule has 2 aromatic rings. The van der Waals surface area contributed by atoms with E-state index >= 15 is 0 Å². The van der Waals surface area contributed by atoms with Crippen LogP contribution in [0.1, 0.15) is 93.4 Å². The first-order valence-corrected chi connectivity index (χ1v) is 14.6. The third-order valence-corrected chi connectivity index (χ3v) is 7.82. The van der Waals surface area contributed by atoms with Gasteiger partial charge in [-0.1, -0.05) is 59.2 Å². The summed E-state index contributed by atoms with van der Waals surface area (Å²) in [5.41, 5.74) is 5.89. The number of aldehydes is 1. The van der Waals surface area contributed by atoms with Crippen LogP contribution in [0.5, 0.6) is 0 Å². The maximum atomic E-state index is 13.5. The number of hydrogen-bond acceptors (Lipinski definition) is 5. The smallest absolute Gasteiger partial charge is 0.353 e. The maximum Gasteiger partial charge on any atom is 0.353 e. The van der Waals surface area contributed by atoms with Gasteiger partial charge in [0.15, 0.2) is 0 Å². The molecule has 0 heterocycles. The van der Waals surface area contributed by atoms with Crippen molar-refractivity contribution in [2.24, 2.45) is 11.8 Å². The first-order valence-electron chi connectivity index (χ1n) is 14.6. The van der Waals surface area contributed by atoms with Crippen molar-refractivity contribution in [3.63, 3.8) is 0 Å². The summed E-state index contributed by atoms with van der Waals surface area (Å²) in [6, 6.07) is 12.3. The average molecular weight is 556 g/mol. The molecule has 1 aliphatic carbocycles. The Balaban J connectivity index is 1.89. The Morgan fingerprint density at radius 1 is 1.23 bits per heavy atom. The zero-order chi connectivity index (χ0) is 29.7. The molecule has 2 N–H and O–H groups in total. The second-order valence-corrected chi connectivity index (χ2v) is 12.2. The quantitative estimate of drug-likeness (QED) is 0.176. The van der Waals surface area contributed by atoms with Crippen LogP contribution in [0, 0.1) is 17.2 Å². The summed E-state index contributed by atoms with van der Waals surface area (Å²) in [4.78, 5) is 14.3. The lowest BCUT2D eigenvalue weighted by atomic mass is 9.58. The summed E-state index contributed by atoms with van der Waals surface area (Å²) in [6.45, 7) is 13.4. The number of nitrogens with one attached hydrogen (secondary N) is 2. The topological polar surface area (TPSA) is 65.4 Å². The van der Waals surface area contributed by atoms with Gasteiger partial charge in [0.1, 0.15) is 6.29 Å². The second kappa shape index (κ2) is 13.3. The predicted molar refractivity (Wildman–Crippen MR) is 160 cm³/mol. The fourth-order valence-electron chi connectivity index (χ4n) is 5.85. The van der Waals surface area contributed by atoms with Crippen LogP contribution in [0.3, 0.4) is 0 Å². The Bertz CT molecular complexity index is 1170. The molecule has 40 heavy (non-hydrogen) atoms. The molecule has 1 saturated carbocycles. The van der Waals surface area contributed by atoms with Crippen molar-refractivity contribution in [2.45, 2.75) is 97.9 Å². The summed E-state index contributed by atoms with van der Waals surface area (Å²) in [6.07, 6.45) is -0.215. The number of halogens is 2. The molecular formula is C33H47F2N3O2. The van der Waals surface area contributed by atoms with Crippen molar-refractivity contribution in [3.8, 4) is 0 Å². The van der Waals surface area contributed by atoms with E-state index in [1.165, 1.54) is 5.56 Å². The first-order chi connectivity index (χ1) is 18.8. The van der Waals surface area contributed by atoms with Gasteiger partial charge >= 0.3 is 6.11 Å². The number of aryl methyl sites for hydroxylation is 1. The van der Waals surface area contributed by atoms with E-state index in [1.54, 1.807) is 0 Å². The van der Waals surface area contributed by atoms with Gasteiger partial charge in [-0.05, 0) is 78.1 Å². The van der Waals surface area contributed by atoms with Crippen LogP contribution in [0.2, 0.25) is 0 Å². The molecule has 1 fully saturated rings. The van der Waals surface area contributed by atoms with Crippen LogP contribution < -0.4 is 10.2 Å². The zero-order valence-corrected chi connectivity index (χ0v) is 25.2. The highest BCUT2D eigenvalue weighted by Crippen LogP contribution is 2.49. The van der Waals surface area contributed by atoms with E-state index < -0.39 is 17.6 Å². The number of nitrogens with zero attached hydrogens (tertiary/aromatic N) is 1. The van der Waals surface area contributed by atoms with Gasteiger partial charge in [0.2, 0.25) is 0 Å². The minimum absolute atomic E-state index is 0.00948. The number of carbonyl (C=O) groups is 1.